The zero-order chi connectivity index (χ0) is 12.1. The monoisotopic (exact) mass is 249 g/mol. The highest BCUT2D eigenvalue weighted by molar-refractivity contribution is 7.98. The molecule has 0 aliphatic carbocycles. The zero-order valence-electron chi connectivity index (χ0n) is 9.72. The Morgan fingerprint density at radius 1 is 1.41 bits per heavy atom. The fraction of sp³-hybridized carbons (Fsp3) is 0.333. The molecule has 0 atom stereocenters. The highest BCUT2D eigenvalue weighted by Gasteiger charge is 2.04. The Hall–Kier alpha value is -1.49. The summed E-state index contributed by atoms with van der Waals surface area (Å²) in [5, 5.41) is 0.900. The molecule has 0 radical (unpaired) electrons. The second kappa shape index (κ2) is 5.72. The largest absolute Gasteiger partial charge is 0.468 e. The van der Waals surface area contributed by atoms with Crippen molar-refractivity contribution in [2.24, 2.45) is 0 Å². The molecule has 5 heteroatoms. The lowest BCUT2D eigenvalue weighted by molar-refractivity contribution is 0.530. The standard InChI is InChI=1S/C12H15N3OS/c1-2-4-11-14-10(13)7-12(15-11)17-8-9-5-3-6-16-9/h3,5-7H,2,4,8H2,1H3,(H2,13,14,15). The van der Waals surface area contributed by atoms with Crippen molar-refractivity contribution in [3.05, 3.63) is 36.0 Å². The van der Waals surface area contributed by atoms with Gasteiger partial charge in [-0.15, -0.1) is 0 Å². The molecule has 0 aliphatic heterocycles. The average Bonchev–Trinajstić information content (AvgIpc) is 2.79. The van der Waals surface area contributed by atoms with Crippen LogP contribution in [0.3, 0.4) is 0 Å². The Morgan fingerprint density at radius 2 is 2.29 bits per heavy atom. The number of furan rings is 1. The zero-order valence-corrected chi connectivity index (χ0v) is 10.5. The van der Waals surface area contributed by atoms with Crippen LogP contribution in [0.1, 0.15) is 24.9 Å². The fourth-order valence-corrected chi connectivity index (χ4v) is 2.27. The normalized spacial score (nSPS) is 10.6. The molecule has 90 valence electrons. The Bertz CT molecular complexity index is 471. The first kappa shape index (κ1) is 12.0. The molecule has 0 aromatic carbocycles. The summed E-state index contributed by atoms with van der Waals surface area (Å²) < 4.78 is 5.27. The van der Waals surface area contributed by atoms with Crippen molar-refractivity contribution >= 4 is 17.6 Å². The highest BCUT2D eigenvalue weighted by atomic mass is 32.2. The topological polar surface area (TPSA) is 64.9 Å². The van der Waals surface area contributed by atoms with Gasteiger partial charge in [0.15, 0.2) is 0 Å². The maximum Gasteiger partial charge on any atom is 0.132 e. The van der Waals surface area contributed by atoms with E-state index in [0.29, 0.717) is 5.82 Å². The first-order chi connectivity index (χ1) is 8.28. The van der Waals surface area contributed by atoms with Crippen LogP contribution in [-0.4, -0.2) is 9.97 Å². The SMILES string of the molecule is CCCc1nc(N)cc(SCc2ccco2)n1. The van der Waals surface area contributed by atoms with E-state index in [4.69, 9.17) is 10.2 Å². The van der Waals surface area contributed by atoms with Crippen molar-refractivity contribution in [1.29, 1.82) is 0 Å². The van der Waals surface area contributed by atoms with Gasteiger partial charge in [-0.2, -0.15) is 0 Å². The number of nitrogen functional groups attached to an aromatic ring is 1. The number of thioether (sulfide) groups is 1. The molecule has 17 heavy (non-hydrogen) atoms. The lowest BCUT2D eigenvalue weighted by Gasteiger charge is -2.03. The van der Waals surface area contributed by atoms with E-state index >= 15 is 0 Å². The quantitative estimate of drug-likeness (QED) is 0.652. The first-order valence-corrected chi connectivity index (χ1v) is 6.55. The van der Waals surface area contributed by atoms with Gasteiger partial charge in [-0.1, -0.05) is 18.7 Å². The molecule has 2 heterocycles. The van der Waals surface area contributed by atoms with Crippen LogP contribution in [-0.2, 0) is 12.2 Å². The third-order valence-electron chi connectivity index (χ3n) is 2.18. The summed E-state index contributed by atoms with van der Waals surface area (Å²) in [6.45, 7) is 2.10. The molecule has 2 aromatic rings. The Morgan fingerprint density at radius 3 is 3.00 bits per heavy atom. The highest BCUT2D eigenvalue weighted by Crippen LogP contribution is 2.22. The van der Waals surface area contributed by atoms with Crippen LogP contribution in [0, 0.1) is 0 Å². The Balaban J connectivity index is 2.04. The molecule has 2 rings (SSSR count). The minimum absolute atomic E-state index is 0.533. The van der Waals surface area contributed by atoms with E-state index < -0.39 is 0 Å². The summed E-state index contributed by atoms with van der Waals surface area (Å²) in [7, 11) is 0. The fourth-order valence-electron chi connectivity index (χ4n) is 1.44. The van der Waals surface area contributed by atoms with Gasteiger partial charge in [0, 0.05) is 12.5 Å². The second-order valence-electron chi connectivity index (χ2n) is 3.67. The van der Waals surface area contributed by atoms with Gasteiger partial charge in [-0.3, -0.25) is 0 Å². The summed E-state index contributed by atoms with van der Waals surface area (Å²) in [6, 6.07) is 5.63. The minimum Gasteiger partial charge on any atom is -0.468 e. The molecule has 0 unspecified atom stereocenters. The van der Waals surface area contributed by atoms with E-state index in [9.17, 15) is 0 Å². The molecular weight excluding hydrogens is 234 g/mol. The molecule has 0 fully saturated rings. The lowest BCUT2D eigenvalue weighted by atomic mass is 10.3. The predicted octanol–water partition coefficient (Wildman–Crippen LogP) is 2.90. The van der Waals surface area contributed by atoms with Crippen LogP contribution in [0.15, 0.2) is 33.9 Å². The second-order valence-corrected chi connectivity index (χ2v) is 4.66. The molecule has 2 aromatic heterocycles. The van der Waals surface area contributed by atoms with Gasteiger partial charge >= 0.3 is 0 Å². The number of hydrogen-bond acceptors (Lipinski definition) is 5. The number of anilines is 1. The number of nitrogens with zero attached hydrogens (tertiary/aromatic N) is 2. The number of rotatable bonds is 5. The van der Waals surface area contributed by atoms with E-state index in [1.807, 2.05) is 12.1 Å². The van der Waals surface area contributed by atoms with E-state index in [1.54, 1.807) is 24.1 Å². The summed E-state index contributed by atoms with van der Waals surface area (Å²) in [4.78, 5) is 8.65. The van der Waals surface area contributed by atoms with Gasteiger partial charge in [0.25, 0.3) is 0 Å². The molecule has 0 bridgehead atoms. The van der Waals surface area contributed by atoms with Crippen molar-refractivity contribution in [3.63, 3.8) is 0 Å². The Labute approximate surface area is 105 Å². The van der Waals surface area contributed by atoms with Gasteiger partial charge in [0.1, 0.15) is 22.4 Å². The van der Waals surface area contributed by atoms with Gasteiger partial charge in [-0.05, 0) is 18.6 Å². The van der Waals surface area contributed by atoms with Crippen LogP contribution >= 0.6 is 11.8 Å². The number of aryl methyl sites for hydroxylation is 1. The van der Waals surface area contributed by atoms with Gasteiger partial charge < -0.3 is 10.2 Å². The van der Waals surface area contributed by atoms with Crippen molar-refractivity contribution in [2.75, 3.05) is 5.73 Å². The molecule has 4 nitrogen and oxygen atoms in total. The van der Waals surface area contributed by atoms with E-state index in [-0.39, 0.29) is 0 Å². The maximum atomic E-state index is 5.75. The van der Waals surface area contributed by atoms with E-state index in [0.717, 1.165) is 35.2 Å². The third kappa shape index (κ3) is 3.49. The number of nitrogens with two attached hydrogens (primary N) is 1. The molecule has 0 spiro atoms. The molecule has 0 saturated heterocycles. The minimum atomic E-state index is 0.533. The summed E-state index contributed by atoms with van der Waals surface area (Å²) in [5.41, 5.74) is 5.75. The number of hydrogen-bond donors (Lipinski definition) is 1. The molecule has 0 aliphatic rings. The number of aromatic nitrogens is 2. The van der Waals surface area contributed by atoms with Crippen molar-refractivity contribution in [3.8, 4) is 0 Å². The van der Waals surface area contributed by atoms with Gasteiger partial charge in [0.05, 0.1) is 12.0 Å². The van der Waals surface area contributed by atoms with Crippen LogP contribution in [0.2, 0.25) is 0 Å². The predicted molar refractivity (Wildman–Crippen MR) is 68.7 cm³/mol. The van der Waals surface area contributed by atoms with Crippen molar-refractivity contribution in [2.45, 2.75) is 30.5 Å². The summed E-state index contributed by atoms with van der Waals surface area (Å²) in [5.74, 6) is 3.04. The van der Waals surface area contributed by atoms with E-state index in [1.165, 1.54) is 0 Å². The maximum absolute atomic E-state index is 5.75. The average molecular weight is 249 g/mol. The Kier molecular flexibility index (Phi) is 4.03. The smallest absolute Gasteiger partial charge is 0.132 e. The van der Waals surface area contributed by atoms with Crippen LogP contribution in [0.5, 0.6) is 0 Å². The molecule has 0 saturated carbocycles. The summed E-state index contributed by atoms with van der Waals surface area (Å²) in [6.07, 6.45) is 3.55. The summed E-state index contributed by atoms with van der Waals surface area (Å²) >= 11 is 1.61. The lowest BCUT2D eigenvalue weighted by Crippen LogP contribution is -2.00. The van der Waals surface area contributed by atoms with Crippen LogP contribution in [0.4, 0.5) is 5.82 Å². The third-order valence-corrected chi connectivity index (χ3v) is 3.12. The molecule has 2 N–H and O–H groups in total. The van der Waals surface area contributed by atoms with Crippen LogP contribution in [0.25, 0.3) is 0 Å². The molecular formula is C12H15N3OS. The van der Waals surface area contributed by atoms with Crippen molar-refractivity contribution < 1.29 is 4.42 Å². The van der Waals surface area contributed by atoms with Crippen molar-refractivity contribution in [1.82, 2.24) is 9.97 Å². The first-order valence-electron chi connectivity index (χ1n) is 5.56. The molecule has 0 amide bonds. The van der Waals surface area contributed by atoms with Gasteiger partial charge in [0.2, 0.25) is 0 Å². The van der Waals surface area contributed by atoms with E-state index in [2.05, 4.69) is 16.9 Å². The van der Waals surface area contributed by atoms with Gasteiger partial charge in [-0.25, -0.2) is 9.97 Å². The van der Waals surface area contributed by atoms with Crippen LogP contribution < -0.4 is 5.73 Å².